The van der Waals surface area contributed by atoms with Gasteiger partial charge in [0.05, 0.1) is 16.4 Å². The number of aryl methyl sites for hydroxylation is 1. The SMILES string of the molecule is Cc1cc2c(s1)c1cnn(CC(N)=O)c(=O)c1n2Cc1ccc(F)cc1. The van der Waals surface area contributed by atoms with Crippen molar-refractivity contribution in [2.24, 2.45) is 5.73 Å². The molecule has 2 N–H and O–H groups in total. The van der Waals surface area contributed by atoms with E-state index in [0.29, 0.717) is 12.1 Å². The summed E-state index contributed by atoms with van der Waals surface area (Å²) in [5.74, 6) is -0.941. The first kappa shape index (κ1) is 16.5. The average molecular weight is 370 g/mol. The van der Waals surface area contributed by atoms with Crippen molar-refractivity contribution in [1.29, 1.82) is 0 Å². The number of aromatic nitrogens is 3. The van der Waals surface area contributed by atoms with Crippen molar-refractivity contribution in [3.8, 4) is 0 Å². The van der Waals surface area contributed by atoms with Crippen LogP contribution >= 0.6 is 11.3 Å². The van der Waals surface area contributed by atoms with Gasteiger partial charge in [0, 0.05) is 16.8 Å². The first-order valence-corrected chi connectivity index (χ1v) is 8.77. The lowest BCUT2D eigenvalue weighted by molar-refractivity contribution is -0.118. The van der Waals surface area contributed by atoms with Crippen LogP contribution in [0.15, 0.2) is 41.3 Å². The van der Waals surface area contributed by atoms with Crippen LogP contribution in [0.4, 0.5) is 4.39 Å². The molecule has 3 heterocycles. The van der Waals surface area contributed by atoms with E-state index in [0.717, 1.165) is 30.7 Å². The monoisotopic (exact) mass is 370 g/mol. The van der Waals surface area contributed by atoms with Crippen LogP contribution in [0.3, 0.4) is 0 Å². The summed E-state index contributed by atoms with van der Waals surface area (Å²) in [5, 5.41) is 4.83. The number of rotatable bonds is 4. The highest BCUT2D eigenvalue weighted by Gasteiger charge is 2.18. The van der Waals surface area contributed by atoms with Crippen LogP contribution in [0.25, 0.3) is 21.1 Å². The fourth-order valence-electron chi connectivity index (χ4n) is 3.12. The molecule has 1 amide bonds. The molecule has 0 fully saturated rings. The highest BCUT2D eigenvalue weighted by atomic mass is 32.1. The number of amides is 1. The molecule has 0 saturated carbocycles. The fourth-order valence-corrected chi connectivity index (χ4v) is 4.14. The maximum Gasteiger partial charge on any atom is 0.291 e. The second-order valence-electron chi connectivity index (χ2n) is 6.12. The lowest BCUT2D eigenvalue weighted by Gasteiger charge is -2.08. The van der Waals surface area contributed by atoms with E-state index in [1.807, 2.05) is 17.6 Å². The zero-order valence-corrected chi connectivity index (χ0v) is 14.7. The van der Waals surface area contributed by atoms with Gasteiger partial charge in [-0.15, -0.1) is 11.3 Å². The number of halogens is 1. The Morgan fingerprint density at radius 1 is 1.31 bits per heavy atom. The molecule has 0 bridgehead atoms. The Morgan fingerprint density at radius 3 is 2.73 bits per heavy atom. The minimum Gasteiger partial charge on any atom is -0.368 e. The molecule has 0 atom stereocenters. The molecular formula is C18H15FN4O2S. The molecule has 26 heavy (non-hydrogen) atoms. The number of hydrogen-bond acceptors (Lipinski definition) is 4. The lowest BCUT2D eigenvalue weighted by Crippen LogP contribution is -2.30. The molecule has 0 spiro atoms. The van der Waals surface area contributed by atoms with E-state index in [-0.39, 0.29) is 17.9 Å². The highest BCUT2D eigenvalue weighted by Crippen LogP contribution is 2.34. The smallest absolute Gasteiger partial charge is 0.291 e. The average Bonchev–Trinajstić information content (AvgIpc) is 3.09. The Hall–Kier alpha value is -3.00. The summed E-state index contributed by atoms with van der Waals surface area (Å²) in [6, 6.07) is 8.18. The van der Waals surface area contributed by atoms with Gasteiger partial charge in [-0.25, -0.2) is 9.07 Å². The molecule has 0 saturated heterocycles. The van der Waals surface area contributed by atoms with E-state index in [1.54, 1.807) is 29.7 Å². The Kier molecular flexibility index (Phi) is 3.84. The van der Waals surface area contributed by atoms with E-state index < -0.39 is 5.91 Å². The molecule has 4 rings (SSSR count). The second-order valence-corrected chi connectivity index (χ2v) is 7.38. The number of nitrogens with zero attached hydrogens (tertiary/aromatic N) is 3. The Bertz CT molecular complexity index is 1200. The van der Waals surface area contributed by atoms with Crippen LogP contribution in [0.1, 0.15) is 10.4 Å². The fraction of sp³-hybridized carbons (Fsp3) is 0.167. The van der Waals surface area contributed by atoms with Gasteiger partial charge >= 0.3 is 0 Å². The first-order chi connectivity index (χ1) is 12.4. The minimum atomic E-state index is -0.631. The largest absolute Gasteiger partial charge is 0.368 e. The van der Waals surface area contributed by atoms with Gasteiger partial charge in [0.15, 0.2) is 0 Å². The lowest BCUT2D eigenvalue weighted by atomic mass is 10.2. The topological polar surface area (TPSA) is 82.9 Å². The predicted molar refractivity (Wildman–Crippen MR) is 98.8 cm³/mol. The van der Waals surface area contributed by atoms with Crippen LogP contribution in [-0.4, -0.2) is 20.3 Å². The number of hydrogen-bond donors (Lipinski definition) is 1. The number of nitrogens with two attached hydrogens (primary N) is 1. The molecule has 132 valence electrons. The van der Waals surface area contributed by atoms with Gasteiger partial charge in [-0.3, -0.25) is 9.59 Å². The number of fused-ring (bicyclic) bond motifs is 3. The third-order valence-electron chi connectivity index (χ3n) is 4.22. The predicted octanol–water partition coefficient (Wildman–Crippen LogP) is 2.39. The summed E-state index contributed by atoms with van der Waals surface area (Å²) in [5.41, 5.74) is 7.09. The molecule has 4 aromatic rings. The second kappa shape index (κ2) is 6.06. The number of benzene rings is 1. The molecule has 0 aliphatic carbocycles. The summed E-state index contributed by atoms with van der Waals surface area (Å²) < 4.78 is 17.1. The Labute approximate surface area is 151 Å². The molecule has 8 heteroatoms. The van der Waals surface area contributed by atoms with Gasteiger partial charge in [0.2, 0.25) is 5.91 Å². The van der Waals surface area contributed by atoms with E-state index in [1.165, 1.54) is 12.1 Å². The molecule has 0 radical (unpaired) electrons. The summed E-state index contributed by atoms with van der Waals surface area (Å²) in [4.78, 5) is 25.2. The van der Waals surface area contributed by atoms with Gasteiger partial charge in [0.25, 0.3) is 5.56 Å². The van der Waals surface area contributed by atoms with E-state index in [4.69, 9.17) is 5.73 Å². The van der Waals surface area contributed by atoms with Gasteiger partial charge in [-0.2, -0.15) is 5.10 Å². The summed E-state index contributed by atoms with van der Waals surface area (Å²) in [7, 11) is 0. The standard InChI is InChI=1S/C18H15FN4O2S/c1-10-6-14-17(26-10)13-7-21-23(9-15(20)24)18(25)16(13)22(14)8-11-2-4-12(19)5-3-11/h2-7H,8-9H2,1H3,(H2,20,24). The maximum absolute atomic E-state index is 13.2. The highest BCUT2D eigenvalue weighted by molar-refractivity contribution is 7.20. The molecular weight excluding hydrogens is 355 g/mol. The first-order valence-electron chi connectivity index (χ1n) is 7.95. The molecule has 1 aromatic carbocycles. The Balaban J connectivity index is 1.98. The Morgan fingerprint density at radius 2 is 2.04 bits per heavy atom. The minimum absolute atomic E-state index is 0.275. The van der Waals surface area contributed by atoms with Crippen molar-refractivity contribution in [1.82, 2.24) is 14.3 Å². The normalized spacial score (nSPS) is 11.5. The quantitative estimate of drug-likeness (QED) is 0.599. The van der Waals surface area contributed by atoms with Crippen molar-refractivity contribution >= 4 is 38.4 Å². The molecule has 3 aromatic heterocycles. The van der Waals surface area contributed by atoms with Crippen molar-refractivity contribution in [3.63, 3.8) is 0 Å². The van der Waals surface area contributed by atoms with Crippen LogP contribution in [-0.2, 0) is 17.9 Å². The van der Waals surface area contributed by atoms with Gasteiger partial charge in [-0.1, -0.05) is 12.1 Å². The molecule has 0 aliphatic heterocycles. The molecule has 0 unspecified atom stereocenters. The zero-order chi connectivity index (χ0) is 18.4. The van der Waals surface area contributed by atoms with Gasteiger partial charge < -0.3 is 10.3 Å². The van der Waals surface area contributed by atoms with Crippen molar-refractivity contribution in [2.75, 3.05) is 0 Å². The molecule has 0 aliphatic rings. The van der Waals surface area contributed by atoms with Gasteiger partial charge in [0.1, 0.15) is 17.9 Å². The van der Waals surface area contributed by atoms with Crippen molar-refractivity contribution < 1.29 is 9.18 Å². The summed E-state index contributed by atoms with van der Waals surface area (Å²) >= 11 is 1.58. The van der Waals surface area contributed by atoms with Crippen LogP contribution in [0.5, 0.6) is 0 Å². The van der Waals surface area contributed by atoms with E-state index >= 15 is 0 Å². The third-order valence-corrected chi connectivity index (χ3v) is 5.29. The number of carbonyl (C=O) groups is 1. The van der Waals surface area contributed by atoms with Gasteiger partial charge in [-0.05, 0) is 30.7 Å². The van der Waals surface area contributed by atoms with Crippen LogP contribution < -0.4 is 11.3 Å². The number of primary amides is 1. The summed E-state index contributed by atoms with van der Waals surface area (Å²) in [6.07, 6.45) is 1.60. The van der Waals surface area contributed by atoms with Crippen LogP contribution in [0.2, 0.25) is 0 Å². The van der Waals surface area contributed by atoms with Crippen molar-refractivity contribution in [3.05, 3.63) is 63.1 Å². The third kappa shape index (κ3) is 2.68. The number of carbonyl (C=O) groups excluding carboxylic acids is 1. The van der Waals surface area contributed by atoms with E-state index in [2.05, 4.69) is 5.10 Å². The number of thiophene rings is 1. The summed E-state index contributed by atoms with van der Waals surface area (Å²) in [6.45, 7) is 2.13. The van der Waals surface area contributed by atoms with E-state index in [9.17, 15) is 14.0 Å². The molecule has 6 nitrogen and oxygen atoms in total. The van der Waals surface area contributed by atoms with Crippen molar-refractivity contribution in [2.45, 2.75) is 20.0 Å². The maximum atomic E-state index is 13.2. The van der Waals surface area contributed by atoms with Crippen LogP contribution in [0, 0.1) is 12.7 Å². The zero-order valence-electron chi connectivity index (χ0n) is 13.9.